The van der Waals surface area contributed by atoms with E-state index in [1.165, 1.54) is 7.11 Å². The van der Waals surface area contributed by atoms with Gasteiger partial charge in [0.1, 0.15) is 0 Å². The zero-order valence-electron chi connectivity index (χ0n) is 11.5. The van der Waals surface area contributed by atoms with Crippen molar-refractivity contribution in [3.8, 4) is 0 Å². The quantitative estimate of drug-likeness (QED) is 0.852. The second-order valence-electron chi connectivity index (χ2n) is 4.78. The van der Waals surface area contributed by atoms with E-state index in [1.54, 1.807) is 11.0 Å². The van der Waals surface area contributed by atoms with Crippen molar-refractivity contribution in [1.29, 1.82) is 0 Å². The number of amides is 2. The first-order valence-electron chi connectivity index (χ1n) is 6.57. The molecule has 0 bridgehead atoms. The maximum absolute atomic E-state index is 12.4. The monoisotopic (exact) mass is 277 g/mol. The Morgan fingerprint density at radius 3 is 3.00 bits per heavy atom. The molecule has 1 heterocycles. The van der Waals surface area contributed by atoms with Crippen LogP contribution in [0.1, 0.15) is 22.3 Å². The number of alkyl carbamates (subject to hydrolysis) is 1. The average molecular weight is 277 g/mol. The number of methoxy groups -OCH3 is 1. The summed E-state index contributed by atoms with van der Waals surface area (Å²) < 4.78 is 4.56. The standard InChI is InChI=1S/C14H19N3O3/c1-20-14(19)16-12-5-6-17(9-12)13(18)11-4-2-3-10(7-11)8-15/h2-4,7,12H,5-6,8-9,15H2,1H3,(H,16,19). The van der Waals surface area contributed by atoms with Crippen LogP contribution in [0.4, 0.5) is 4.79 Å². The van der Waals surface area contributed by atoms with Crippen molar-refractivity contribution < 1.29 is 14.3 Å². The lowest BCUT2D eigenvalue weighted by atomic mass is 10.1. The number of hydrogen-bond donors (Lipinski definition) is 2. The molecular formula is C14H19N3O3. The van der Waals surface area contributed by atoms with E-state index in [1.807, 2.05) is 18.2 Å². The van der Waals surface area contributed by atoms with Crippen molar-refractivity contribution in [2.75, 3.05) is 20.2 Å². The van der Waals surface area contributed by atoms with Crippen LogP contribution in [0, 0.1) is 0 Å². The summed E-state index contributed by atoms with van der Waals surface area (Å²) in [5.41, 5.74) is 7.14. The lowest BCUT2D eigenvalue weighted by Crippen LogP contribution is -2.38. The van der Waals surface area contributed by atoms with E-state index in [4.69, 9.17) is 5.73 Å². The van der Waals surface area contributed by atoms with Crippen LogP contribution in [0.15, 0.2) is 24.3 Å². The van der Waals surface area contributed by atoms with Crippen LogP contribution < -0.4 is 11.1 Å². The molecule has 6 nitrogen and oxygen atoms in total. The molecule has 1 atom stereocenters. The number of ether oxygens (including phenoxy) is 1. The Bertz CT molecular complexity index is 504. The third-order valence-electron chi connectivity index (χ3n) is 3.39. The normalized spacial score (nSPS) is 17.9. The summed E-state index contributed by atoms with van der Waals surface area (Å²) in [5, 5.41) is 2.71. The van der Waals surface area contributed by atoms with Crippen molar-refractivity contribution in [2.45, 2.75) is 19.0 Å². The highest BCUT2D eigenvalue weighted by Gasteiger charge is 2.28. The Morgan fingerprint density at radius 2 is 2.30 bits per heavy atom. The molecule has 1 unspecified atom stereocenters. The number of hydrogen-bond acceptors (Lipinski definition) is 4. The predicted molar refractivity (Wildman–Crippen MR) is 74.2 cm³/mol. The summed E-state index contributed by atoms with van der Waals surface area (Å²) in [5.74, 6) is -0.0329. The first-order valence-corrected chi connectivity index (χ1v) is 6.57. The summed E-state index contributed by atoms with van der Waals surface area (Å²) >= 11 is 0. The second kappa shape index (κ2) is 6.38. The van der Waals surface area contributed by atoms with E-state index in [-0.39, 0.29) is 11.9 Å². The SMILES string of the molecule is COC(=O)NC1CCN(C(=O)c2cccc(CN)c2)C1. The molecule has 6 heteroatoms. The van der Waals surface area contributed by atoms with E-state index < -0.39 is 6.09 Å². The summed E-state index contributed by atoms with van der Waals surface area (Å²) in [4.78, 5) is 25.2. The Morgan fingerprint density at radius 1 is 1.50 bits per heavy atom. The molecule has 1 aliphatic heterocycles. The predicted octanol–water partition coefficient (Wildman–Crippen LogP) is 0.716. The average Bonchev–Trinajstić information content (AvgIpc) is 2.94. The lowest BCUT2D eigenvalue weighted by molar-refractivity contribution is 0.0788. The topological polar surface area (TPSA) is 84.7 Å². The van der Waals surface area contributed by atoms with Gasteiger partial charge < -0.3 is 20.7 Å². The zero-order valence-corrected chi connectivity index (χ0v) is 11.5. The van der Waals surface area contributed by atoms with Crippen LogP contribution in [0.5, 0.6) is 0 Å². The van der Waals surface area contributed by atoms with Gasteiger partial charge in [0, 0.05) is 25.2 Å². The zero-order chi connectivity index (χ0) is 14.5. The Hall–Kier alpha value is -2.08. The summed E-state index contributed by atoms with van der Waals surface area (Å²) in [6.45, 7) is 1.54. The molecule has 0 saturated carbocycles. The molecule has 0 spiro atoms. The van der Waals surface area contributed by atoms with Gasteiger partial charge in [-0.05, 0) is 24.1 Å². The molecule has 1 aromatic carbocycles. The molecule has 2 rings (SSSR count). The third-order valence-corrected chi connectivity index (χ3v) is 3.39. The number of nitrogens with zero attached hydrogens (tertiary/aromatic N) is 1. The van der Waals surface area contributed by atoms with Gasteiger partial charge in [0.05, 0.1) is 13.2 Å². The van der Waals surface area contributed by atoms with Crippen LogP contribution in [0.3, 0.4) is 0 Å². The van der Waals surface area contributed by atoms with Crippen molar-refractivity contribution in [2.24, 2.45) is 5.73 Å². The fourth-order valence-corrected chi connectivity index (χ4v) is 2.30. The Labute approximate surface area is 117 Å². The Kier molecular flexibility index (Phi) is 4.57. The number of benzene rings is 1. The van der Waals surface area contributed by atoms with Crippen LogP contribution in [-0.2, 0) is 11.3 Å². The van der Waals surface area contributed by atoms with E-state index >= 15 is 0 Å². The smallest absolute Gasteiger partial charge is 0.407 e. The molecule has 0 aliphatic carbocycles. The van der Waals surface area contributed by atoms with Gasteiger partial charge >= 0.3 is 6.09 Å². The summed E-state index contributed by atoms with van der Waals surface area (Å²) in [6.07, 6.45) is 0.270. The number of likely N-dealkylation sites (tertiary alicyclic amines) is 1. The molecule has 3 N–H and O–H groups in total. The summed E-state index contributed by atoms with van der Waals surface area (Å²) in [7, 11) is 1.32. The van der Waals surface area contributed by atoms with Crippen molar-refractivity contribution in [3.05, 3.63) is 35.4 Å². The lowest BCUT2D eigenvalue weighted by Gasteiger charge is -2.17. The minimum atomic E-state index is -0.463. The minimum Gasteiger partial charge on any atom is -0.453 e. The third kappa shape index (κ3) is 3.27. The molecule has 0 aromatic heterocycles. The molecule has 108 valence electrons. The summed E-state index contributed by atoms with van der Waals surface area (Å²) in [6, 6.07) is 7.26. The van der Waals surface area contributed by atoms with E-state index in [0.717, 1.165) is 12.0 Å². The Balaban J connectivity index is 1.98. The largest absolute Gasteiger partial charge is 0.453 e. The maximum atomic E-state index is 12.4. The van der Waals surface area contributed by atoms with Crippen molar-refractivity contribution in [3.63, 3.8) is 0 Å². The molecule has 1 saturated heterocycles. The van der Waals surface area contributed by atoms with Gasteiger partial charge in [-0.3, -0.25) is 4.79 Å². The number of nitrogens with two attached hydrogens (primary N) is 1. The van der Waals surface area contributed by atoms with E-state index in [0.29, 0.717) is 25.2 Å². The van der Waals surface area contributed by atoms with Crippen LogP contribution in [0.25, 0.3) is 0 Å². The van der Waals surface area contributed by atoms with Crippen LogP contribution >= 0.6 is 0 Å². The molecule has 1 aliphatic rings. The maximum Gasteiger partial charge on any atom is 0.407 e. The second-order valence-corrected chi connectivity index (χ2v) is 4.78. The molecule has 1 aromatic rings. The van der Waals surface area contributed by atoms with Gasteiger partial charge in [-0.25, -0.2) is 4.79 Å². The van der Waals surface area contributed by atoms with Gasteiger partial charge in [0.2, 0.25) is 0 Å². The first kappa shape index (κ1) is 14.3. The van der Waals surface area contributed by atoms with Crippen molar-refractivity contribution >= 4 is 12.0 Å². The van der Waals surface area contributed by atoms with Gasteiger partial charge in [0.25, 0.3) is 5.91 Å². The fourth-order valence-electron chi connectivity index (χ4n) is 2.30. The molecule has 2 amide bonds. The minimum absolute atomic E-state index is 0.0329. The highest BCUT2D eigenvalue weighted by atomic mass is 16.5. The molecule has 1 fully saturated rings. The van der Waals surface area contributed by atoms with Gasteiger partial charge in [-0.2, -0.15) is 0 Å². The highest BCUT2D eigenvalue weighted by molar-refractivity contribution is 5.94. The number of carbonyl (C=O) groups excluding carboxylic acids is 2. The number of rotatable bonds is 3. The number of carbonyl (C=O) groups is 2. The van der Waals surface area contributed by atoms with Gasteiger partial charge in [-0.1, -0.05) is 12.1 Å². The van der Waals surface area contributed by atoms with Gasteiger partial charge in [0.15, 0.2) is 0 Å². The van der Waals surface area contributed by atoms with Crippen LogP contribution in [-0.4, -0.2) is 43.1 Å². The molecule has 0 radical (unpaired) electrons. The number of nitrogens with one attached hydrogen (secondary N) is 1. The van der Waals surface area contributed by atoms with Gasteiger partial charge in [-0.15, -0.1) is 0 Å². The highest BCUT2D eigenvalue weighted by Crippen LogP contribution is 2.15. The molecular weight excluding hydrogens is 258 g/mol. The molecule has 20 heavy (non-hydrogen) atoms. The van der Waals surface area contributed by atoms with Crippen LogP contribution in [0.2, 0.25) is 0 Å². The first-order chi connectivity index (χ1) is 9.63. The van der Waals surface area contributed by atoms with Crippen molar-refractivity contribution in [1.82, 2.24) is 10.2 Å². The van der Waals surface area contributed by atoms with E-state index in [9.17, 15) is 9.59 Å². The fraction of sp³-hybridized carbons (Fsp3) is 0.429. The van der Waals surface area contributed by atoms with E-state index in [2.05, 4.69) is 10.1 Å².